The number of rotatable bonds is 7. The van der Waals surface area contributed by atoms with Crippen LogP contribution in [0.5, 0.6) is 0 Å². The first-order valence-corrected chi connectivity index (χ1v) is 15.4. The molecule has 9 nitrogen and oxygen atoms in total. The lowest BCUT2D eigenvalue weighted by atomic mass is 9.90. The minimum atomic E-state index is -4.76. The fourth-order valence-electron chi connectivity index (χ4n) is 5.32. The fraction of sp³-hybridized carbons (Fsp3) is 0.593. The van der Waals surface area contributed by atoms with Crippen molar-refractivity contribution in [2.45, 2.75) is 83.2 Å². The number of hydrogen-bond donors (Lipinski definition) is 2. The molecule has 0 saturated heterocycles. The predicted molar refractivity (Wildman–Crippen MR) is 149 cm³/mol. The standard InChI is InChI=1S/C27H35F5N6O3S/c1-15(2)38-24-17(14-33-26(35-24)34-18-5-7-19(8-6-18)37(3)4)11-20(25(38)39)16-12-21(28)23(22(29)13-16)36-42(40,41)10-9-27(30,31)32/h11-12,15,18-19,36H,5-10,13-14H2,1-4H3,(H,33,34). The average Bonchev–Trinajstić information content (AvgIpc) is 2.89. The highest BCUT2D eigenvalue weighted by atomic mass is 32.2. The molecule has 3 aliphatic rings. The summed E-state index contributed by atoms with van der Waals surface area (Å²) in [6, 6.07) is 1.84. The van der Waals surface area contributed by atoms with E-state index in [9.17, 15) is 35.2 Å². The zero-order valence-electron chi connectivity index (χ0n) is 23.9. The Morgan fingerprint density at radius 2 is 1.81 bits per heavy atom. The molecule has 4 rings (SSSR count). The lowest BCUT2D eigenvalue weighted by molar-refractivity contribution is -0.129. The highest BCUT2D eigenvalue weighted by Gasteiger charge is 2.32. The van der Waals surface area contributed by atoms with Gasteiger partial charge in [-0.3, -0.25) is 14.1 Å². The number of alkyl halides is 3. The second-order valence-electron chi connectivity index (χ2n) is 11.3. The number of sulfonamides is 1. The van der Waals surface area contributed by atoms with Crippen LogP contribution in [0.25, 0.3) is 5.57 Å². The van der Waals surface area contributed by atoms with Crippen LogP contribution >= 0.6 is 0 Å². The molecule has 0 amide bonds. The van der Waals surface area contributed by atoms with E-state index in [1.54, 1.807) is 18.6 Å². The van der Waals surface area contributed by atoms with Gasteiger partial charge in [0.05, 0.1) is 18.7 Å². The zero-order chi connectivity index (χ0) is 31.0. The highest BCUT2D eigenvalue weighted by Crippen LogP contribution is 2.30. The summed E-state index contributed by atoms with van der Waals surface area (Å²) >= 11 is 0. The Morgan fingerprint density at radius 3 is 2.38 bits per heavy atom. The van der Waals surface area contributed by atoms with E-state index < -0.39 is 57.7 Å². The minimum Gasteiger partial charge on any atom is -0.352 e. The lowest BCUT2D eigenvalue weighted by Gasteiger charge is -2.33. The Balaban J connectivity index is 1.63. The van der Waals surface area contributed by atoms with Gasteiger partial charge in [0.25, 0.3) is 5.56 Å². The van der Waals surface area contributed by atoms with E-state index in [0.717, 1.165) is 31.8 Å². The third-order valence-electron chi connectivity index (χ3n) is 7.59. The second kappa shape index (κ2) is 12.3. The molecule has 1 saturated carbocycles. The second-order valence-corrected chi connectivity index (χ2v) is 13.1. The Morgan fingerprint density at radius 1 is 1.14 bits per heavy atom. The van der Waals surface area contributed by atoms with Crippen molar-refractivity contribution in [3.63, 3.8) is 0 Å². The van der Waals surface area contributed by atoms with Crippen LogP contribution in [-0.4, -0.2) is 62.0 Å². The Kier molecular flexibility index (Phi) is 9.31. The lowest BCUT2D eigenvalue weighted by Crippen LogP contribution is -2.49. The van der Waals surface area contributed by atoms with Gasteiger partial charge in [0.15, 0.2) is 0 Å². The molecule has 15 heteroatoms. The Labute approximate surface area is 240 Å². The summed E-state index contributed by atoms with van der Waals surface area (Å²) in [6.07, 6.45) is -2.26. The average molecular weight is 619 g/mol. The molecule has 0 radical (unpaired) electrons. The Bertz CT molecular complexity index is 1600. The molecule has 2 heterocycles. The van der Waals surface area contributed by atoms with E-state index in [1.807, 2.05) is 0 Å². The first-order chi connectivity index (χ1) is 19.5. The summed E-state index contributed by atoms with van der Waals surface area (Å²) in [4.78, 5) is 25.0. The largest absolute Gasteiger partial charge is 0.390 e. The maximum Gasteiger partial charge on any atom is 0.390 e. The van der Waals surface area contributed by atoms with Crippen LogP contribution in [0.3, 0.4) is 0 Å². The molecular weight excluding hydrogens is 583 g/mol. The Hall–Kier alpha value is -3.07. The van der Waals surface area contributed by atoms with Gasteiger partial charge in [-0.1, -0.05) is 0 Å². The number of pyridine rings is 1. The van der Waals surface area contributed by atoms with Crippen LogP contribution in [-0.2, 0) is 16.6 Å². The van der Waals surface area contributed by atoms with E-state index in [0.29, 0.717) is 23.1 Å². The van der Waals surface area contributed by atoms with Gasteiger partial charge >= 0.3 is 6.18 Å². The van der Waals surface area contributed by atoms with Crippen LogP contribution in [0.2, 0.25) is 0 Å². The van der Waals surface area contributed by atoms with Gasteiger partial charge < -0.3 is 10.2 Å². The van der Waals surface area contributed by atoms with E-state index in [4.69, 9.17) is 0 Å². The van der Waals surface area contributed by atoms with Crippen LogP contribution in [0.1, 0.15) is 64.0 Å². The zero-order valence-corrected chi connectivity index (χ0v) is 24.7. The van der Waals surface area contributed by atoms with E-state index in [-0.39, 0.29) is 29.4 Å². The minimum absolute atomic E-state index is 0.00412. The van der Waals surface area contributed by atoms with Crippen LogP contribution in [0.4, 0.5) is 22.0 Å². The van der Waals surface area contributed by atoms with Crippen molar-refractivity contribution < 1.29 is 30.4 Å². The smallest absolute Gasteiger partial charge is 0.352 e. The van der Waals surface area contributed by atoms with Gasteiger partial charge in [-0.25, -0.2) is 22.2 Å². The predicted octanol–water partition coefficient (Wildman–Crippen LogP) is 2.84. The van der Waals surface area contributed by atoms with Crippen LogP contribution in [0, 0.1) is 0 Å². The summed E-state index contributed by atoms with van der Waals surface area (Å²) in [7, 11) is -0.546. The molecule has 0 aromatic carbocycles. The quantitative estimate of drug-likeness (QED) is 0.457. The van der Waals surface area contributed by atoms with Crippen molar-refractivity contribution in [2.75, 3.05) is 19.8 Å². The maximum atomic E-state index is 15.0. The number of nitrogens with zero attached hydrogens (tertiary/aromatic N) is 4. The molecule has 0 atom stereocenters. The maximum absolute atomic E-state index is 15.0. The van der Waals surface area contributed by atoms with Gasteiger partial charge in [-0.15, -0.1) is 0 Å². The van der Waals surface area contributed by atoms with Gasteiger partial charge in [0, 0.05) is 35.3 Å². The summed E-state index contributed by atoms with van der Waals surface area (Å²) in [5, 5.41) is 3.38. The van der Waals surface area contributed by atoms with Crippen molar-refractivity contribution in [1.82, 2.24) is 19.5 Å². The summed E-state index contributed by atoms with van der Waals surface area (Å²) in [6.45, 7) is 3.73. The molecule has 0 bridgehead atoms. The molecule has 1 aromatic heterocycles. The third kappa shape index (κ3) is 7.46. The van der Waals surface area contributed by atoms with Gasteiger partial charge in [-0.2, -0.15) is 18.2 Å². The summed E-state index contributed by atoms with van der Waals surface area (Å²) < 4.78 is 94.3. The molecule has 1 aromatic rings. The number of allylic oxidation sites excluding steroid dienone is 3. The molecular formula is C27H35F5N6O3S. The summed E-state index contributed by atoms with van der Waals surface area (Å²) in [5.74, 6) is -3.58. The van der Waals surface area contributed by atoms with Crippen molar-refractivity contribution in [3.8, 4) is 0 Å². The van der Waals surface area contributed by atoms with E-state index in [1.165, 1.54) is 10.6 Å². The highest BCUT2D eigenvalue weighted by molar-refractivity contribution is 7.89. The molecule has 42 heavy (non-hydrogen) atoms. The van der Waals surface area contributed by atoms with Crippen LogP contribution in [0.15, 0.2) is 44.3 Å². The number of hydrogen-bond acceptors (Lipinski definition) is 7. The van der Waals surface area contributed by atoms with Gasteiger partial charge in [0.1, 0.15) is 22.8 Å². The van der Waals surface area contributed by atoms with Crippen LogP contribution < -0.4 is 26.3 Å². The fourth-order valence-corrected chi connectivity index (χ4v) is 6.44. The topological polar surface area (TPSA) is 108 Å². The number of nitrogens with one attached hydrogen (secondary N) is 2. The first-order valence-electron chi connectivity index (χ1n) is 13.7. The summed E-state index contributed by atoms with van der Waals surface area (Å²) in [5.41, 5.74) is -0.687. The third-order valence-corrected chi connectivity index (χ3v) is 8.84. The molecule has 2 aliphatic carbocycles. The SMILES string of the molecule is CC(C)n1c2c(cc(=C3C=C(F)C(NS(=O)(=O)CCC(F)(F)F)=C(F)C3)c1=O)CN=C(NC1CCC(N(C)C)CC1)N=2. The van der Waals surface area contributed by atoms with Crippen molar-refractivity contribution in [2.24, 2.45) is 9.98 Å². The number of aliphatic imine (C=N–C) groups is 1. The van der Waals surface area contributed by atoms with Gasteiger partial charge in [0.2, 0.25) is 16.0 Å². The molecule has 232 valence electrons. The number of guanidine groups is 1. The number of aromatic nitrogens is 1. The molecule has 1 aliphatic heterocycles. The normalized spacial score (nSPS) is 22.9. The van der Waals surface area contributed by atoms with E-state index in [2.05, 4.69) is 34.3 Å². The van der Waals surface area contributed by atoms with Crippen molar-refractivity contribution >= 4 is 21.6 Å². The first kappa shape index (κ1) is 31.9. The number of fused-ring (bicyclic) bond motifs is 1. The van der Waals surface area contributed by atoms with Gasteiger partial charge in [-0.05, 0) is 71.3 Å². The molecule has 0 spiro atoms. The molecule has 0 unspecified atom stereocenters. The monoisotopic (exact) mass is 618 g/mol. The molecule has 1 fully saturated rings. The van der Waals surface area contributed by atoms with Crippen molar-refractivity contribution in [3.05, 3.63) is 56.1 Å². The van der Waals surface area contributed by atoms with Crippen molar-refractivity contribution in [1.29, 1.82) is 0 Å². The van der Waals surface area contributed by atoms with E-state index >= 15 is 0 Å². The number of halogens is 5. The molecule has 2 N–H and O–H groups in total.